The van der Waals surface area contributed by atoms with Crippen LogP contribution in [0.25, 0.3) is 0 Å². The quantitative estimate of drug-likeness (QED) is 0.844. The van der Waals surface area contributed by atoms with Gasteiger partial charge in [0, 0.05) is 24.3 Å². The van der Waals surface area contributed by atoms with E-state index in [1.807, 2.05) is 32.0 Å². The standard InChI is InChI=1S/C21H22N2O4/c1-13-8-14(2)10-18(9-13)23-12-16(11-19(23)24)20(25)22-17-6-4-15(5-7-17)21(26)27-3/h4-10,16H,11-12H2,1-3H3,(H,22,25)/t16-/m0/s1. The number of nitrogens with zero attached hydrogens (tertiary/aromatic N) is 1. The Morgan fingerprint density at radius 1 is 1.07 bits per heavy atom. The third kappa shape index (κ3) is 4.16. The van der Waals surface area contributed by atoms with E-state index >= 15 is 0 Å². The molecule has 3 rings (SSSR count). The van der Waals surface area contributed by atoms with Gasteiger partial charge in [-0.3, -0.25) is 9.59 Å². The smallest absolute Gasteiger partial charge is 0.337 e. The highest BCUT2D eigenvalue weighted by molar-refractivity contribution is 6.03. The maximum Gasteiger partial charge on any atom is 0.337 e. The van der Waals surface area contributed by atoms with Gasteiger partial charge in [0.15, 0.2) is 0 Å². The molecular weight excluding hydrogens is 344 g/mol. The molecule has 1 atom stereocenters. The van der Waals surface area contributed by atoms with Gasteiger partial charge in [0.05, 0.1) is 18.6 Å². The lowest BCUT2D eigenvalue weighted by atomic mass is 10.1. The summed E-state index contributed by atoms with van der Waals surface area (Å²) in [7, 11) is 1.32. The lowest BCUT2D eigenvalue weighted by molar-refractivity contribution is -0.122. The molecule has 0 aromatic heterocycles. The van der Waals surface area contributed by atoms with E-state index < -0.39 is 11.9 Å². The van der Waals surface area contributed by atoms with Crippen molar-refractivity contribution < 1.29 is 19.1 Å². The van der Waals surface area contributed by atoms with Gasteiger partial charge in [0.1, 0.15) is 0 Å². The molecule has 0 radical (unpaired) electrons. The normalized spacial score (nSPS) is 16.3. The van der Waals surface area contributed by atoms with Crippen molar-refractivity contribution in [3.05, 3.63) is 59.2 Å². The van der Waals surface area contributed by atoms with Gasteiger partial charge in [-0.1, -0.05) is 6.07 Å². The SMILES string of the molecule is COC(=O)c1ccc(NC(=O)[C@H]2CC(=O)N(c3cc(C)cc(C)c3)C2)cc1. The minimum absolute atomic E-state index is 0.0545. The summed E-state index contributed by atoms with van der Waals surface area (Å²) < 4.78 is 4.65. The molecule has 0 spiro atoms. The van der Waals surface area contributed by atoms with E-state index in [-0.39, 0.29) is 18.2 Å². The second kappa shape index (κ2) is 7.61. The van der Waals surface area contributed by atoms with Crippen molar-refractivity contribution in [2.45, 2.75) is 20.3 Å². The molecule has 0 saturated carbocycles. The molecule has 6 heteroatoms. The van der Waals surface area contributed by atoms with Crippen molar-refractivity contribution in [2.24, 2.45) is 5.92 Å². The molecule has 1 aliphatic rings. The predicted octanol–water partition coefficient (Wildman–Crippen LogP) is 3.08. The lowest BCUT2D eigenvalue weighted by Crippen LogP contribution is -2.28. The van der Waals surface area contributed by atoms with E-state index in [0.717, 1.165) is 16.8 Å². The van der Waals surface area contributed by atoms with Crippen LogP contribution in [0.2, 0.25) is 0 Å². The van der Waals surface area contributed by atoms with Crippen LogP contribution in [0.4, 0.5) is 11.4 Å². The number of rotatable bonds is 4. The first-order valence-corrected chi connectivity index (χ1v) is 8.75. The first kappa shape index (κ1) is 18.6. The van der Waals surface area contributed by atoms with E-state index in [9.17, 15) is 14.4 Å². The Morgan fingerprint density at radius 2 is 1.70 bits per heavy atom. The van der Waals surface area contributed by atoms with E-state index in [4.69, 9.17) is 0 Å². The van der Waals surface area contributed by atoms with Gasteiger partial charge in [-0.05, 0) is 61.4 Å². The number of hydrogen-bond acceptors (Lipinski definition) is 4. The summed E-state index contributed by atoms with van der Waals surface area (Å²) in [5, 5.41) is 2.81. The molecule has 1 saturated heterocycles. The topological polar surface area (TPSA) is 75.7 Å². The minimum atomic E-state index is -0.432. The minimum Gasteiger partial charge on any atom is -0.465 e. The van der Waals surface area contributed by atoms with Crippen LogP contribution in [-0.4, -0.2) is 31.4 Å². The van der Waals surface area contributed by atoms with Crippen LogP contribution in [0.15, 0.2) is 42.5 Å². The number of benzene rings is 2. The van der Waals surface area contributed by atoms with Crippen molar-refractivity contribution in [3.63, 3.8) is 0 Å². The van der Waals surface area contributed by atoms with E-state index in [1.54, 1.807) is 29.2 Å². The highest BCUT2D eigenvalue weighted by Crippen LogP contribution is 2.27. The van der Waals surface area contributed by atoms with Crippen LogP contribution >= 0.6 is 0 Å². The molecule has 2 aromatic carbocycles. The van der Waals surface area contributed by atoms with Crippen LogP contribution in [0.1, 0.15) is 27.9 Å². The second-order valence-corrected chi connectivity index (χ2v) is 6.81. The third-order valence-electron chi connectivity index (χ3n) is 4.59. The molecule has 1 heterocycles. The zero-order valence-electron chi connectivity index (χ0n) is 15.6. The molecule has 0 aliphatic carbocycles. The zero-order chi connectivity index (χ0) is 19.6. The highest BCUT2D eigenvalue weighted by Gasteiger charge is 2.35. The largest absolute Gasteiger partial charge is 0.465 e. The average Bonchev–Trinajstić information content (AvgIpc) is 3.03. The van der Waals surface area contributed by atoms with Gasteiger partial charge < -0.3 is 15.0 Å². The molecule has 140 valence electrons. The fourth-order valence-corrected chi connectivity index (χ4v) is 3.29. The fraction of sp³-hybridized carbons (Fsp3) is 0.286. The Morgan fingerprint density at radius 3 is 2.30 bits per heavy atom. The lowest BCUT2D eigenvalue weighted by Gasteiger charge is -2.18. The zero-order valence-corrected chi connectivity index (χ0v) is 15.6. The Balaban J connectivity index is 1.67. The molecular formula is C21H22N2O4. The number of carbonyl (C=O) groups is 3. The number of aryl methyl sites for hydroxylation is 2. The number of methoxy groups -OCH3 is 1. The van der Waals surface area contributed by atoms with Gasteiger partial charge >= 0.3 is 5.97 Å². The van der Waals surface area contributed by atoms with Crippen LogP contribution in [0.5, 0.6) is 0 Å². The predicted molar refractivity (Wildman–Crippen MR) is 103 cm³/mol. The summed E-state index contributed by atoms with van der Waals surface area (Å²) >= 11 is 0. The first-order valence-electron chi connectivity index (χ1n) is 8.75. The van der Waals surface area contributed by atoms with Crippen LogP contribution in [-0.2, 0) is 14.3 Å². The summed E-state index contributed by atoms with van der Waals surface area (Å²) in [6.45, 7) is 4.33. The van der Waals surface area contributed by atoms with Crippen LogP contribution < -0.4 is 10.2 Å². The molecule has 2 aromatic rings. The maximum atomic E-state index is 12.6. The monoisotopic (exact) mass is 366 g/mol. The average molecular weight is 366 g/mol. The van der Waals surface area contributed by atoms with Gasteiger partial charge in [-0.25, -0.2) is 4.79 Å². The van der Waals surface area contributed by atoms with Crippen LogP contribution in [0, 0.1) is 19.8 Å². The van der Waals surface area contributed by atoms with E-state index in [0.29, 0.717) is 17.8 Å². The Hall–Kier alpha value is -3.15. The number of ether oxygens (including phenoxy) is 1. The molecule has 0 unspecified atom stereocenters. The Labute approximate surface area is 158 Å². The van der Waals surface area contributed by atoms with Crippen molar-refractivity contribution in [3.8, 4) is 0 Å². The summed E-state index contributed by atoms with van der Waals surface area (Å²) in [5.41, 5.74) is 3.97. The molecule has 2 amide bonds. The van der Waals surface area contributed by atoms with Gasteiger partial charge in [0.2, 0.25) is 11.8 Å². The second-order valence-electron chi connectivity index (χ2n) is 6.81. The number of hydrogen-bond donors (Lipinski definition) is 1. The Bertz CT molecular complexity index is 869. The van der Waals surface area contributed by atoms with E-state index in [2.05, 4.69) is 10.1 Å². The van der Waals surface area contributed by atoms with Crippen LogP contribution in [0.3, 0.4) is 0 Å². The molecule has 1 aliphatic heterocycles. The van der Waals surface area contributed by atoms with E-state index in [1.165, 1.54) is 7.11 Å². The molecule has 1 fully saturated rings. The van der Waals surface area contributed by atoms with Gasteiger partial charge in [0.25, 0.3) is 0 Å². The molecule has 27 heavy (non-hydrogen) atoms. The van der Waals surface area contributed by atoms with Crippen molar-refractivity contribution >= 4 is 29.2 Å². The summed E-state index contributed by atoms with van der Waals surface area (Å²) in [6.07, 6.45) is 0.180. The van der Waals surface area contributed by atoms with Crippen molar-refractivity contribution in [2.75, 3.05) is 23.9 Å². The maximum absolute atomic E-state index is 12.6. The number of nitrogens with one attached hydrogen (secondary N) is 1. The number of anilines is 2. The highest BCUT2D eigenvalue weighted by atomic mass is 16.5. The van der Waals surface area contributed by atoms with Crippen molar-refractivity contribution in [1.29, 1.82) is 0 Å². The summed E-state index contributed by atoms with van der Waals surface area (Å²) in [4.78, 5) is 38.1. The Kier molecular flexibility index (Phi) is 5.26. The number of esters is 1. The third-order valence-corrected chi connectivity index (χ3v) is 4.59. The van der Waals surface area contributed by atoms with Crippen molar-refractivity contribution in [1.82, 2.24) is 0 Å². The molecule has 6 nitrogen and oxygen atoms in total. The number of amides is 2. The number of carbonyl (C=O) groups excluding carboxylic acids is 3. The molecule has 1 N–H and O–H groups in total. The summed E-state index contributed by atoms with van der Waals surface area (Å²) in [6, 6.07) is 12.4. The van der Waals surface area contributed by atoms with Gasteiger partial charge in [-0.2, -0.15) is 0 Å². The fourth-order valence-electron chi connectivity index (χ4n) is 3.29. The molecule has 0 bridgehead atoms. The van der Waals surface area contributed by atoms with Gasteiger partial charge in [-0.15, -0.1) is 0 Å². The first-order chi connectivity index (χ1) is 12.9. The summed E-state index contributed by atoms with van der Waals surface area (Å²) in [5.74, 6) is -1.11.